The maximum absolute atomic E-state index is 12.9. The zero-order chi connectivity index (χ0) is 20.0. The van der Waals surface area contributed by atoms with Crippen LogP contribution in [0.1, 0.15) is 30.9 Å². The number of likely N-dealkylation sites (tertiary alicyclic amines) is 1. The van der Waals surface area contributed by atoms with Gasteiger partial charge < -0.3 is 13.9 Å². The zero-order valence-corrected chi connectivity index (χ0v) is 17.8. The number of pyridine rings is 1. The van der Waals surface area contributed by atoms with Crippen molar-refractivity contribution in [3.63, 3.8) is 0 Å². The van der Waals surface area contributed by atoms with Gasteiger partial charge in [0, 0.05) is 38.2 Å². The molecule has 0 amide bonds. The molecule has 1 aromatic heterocycles. The first kappa shape index (κ1) is 21.0. The first-order valence-corrected chi connectivity index (χ1v) is 11.4. The number of benzene rings is 1. The van der Waals surface area contributed by atoms with E-state index < -0.39 is 7.60 Å². The Morgan fingerprint density at radius 3 is 2.64 bits per heavy atom. The van der Waals surface area contributed by atoms with Gasteiger partial charge in [-0.25, -0.2) is 4.99 Å². The Morgan fingerprint density at radius 1 is 1.25 bits per heavy atom. The second-order valence-corrected chi connectivity index (χ2v) is 9.33. The molecular formula is C20H25ClN3O3P. The van der Waals surface area contributed by atoms with Crippen LogP contribution in [-0.2, 0) is 13.6 Å². The molecule has 0 aliphatic carbocycles. The average Bonchev–Trinajstić information content (AvgIpc) is 2.75. The second kappa shape index (κ2) is 9.66. The molecule has 1 atom stereocenters. The van der Waals surface area contributed by atoms with Crippen LogP contribution in [0, 0.1) is 0 Å². The van der Waals surface area contributed by atoms with Crippen LogP contribution in [0.3, 0.4) is 0 Å². The van der Waals surface area contributed by atoms with Crippen molar-refractivity contribution in [1.82, 2.24) is 9.88 Å². The Morgan fingerprint density at radius 2 is 2.00 bits per heavy atom. The van der Waals surface area contributed by atoms with E-state index in [1.54, 1.807) is 18.3 Å². The Balaban J connectivity index is 2.00. The van der Waals surface area contributed by atoms with E-state index in [-0.39, 0.29) is 12.2 Å². The lowest BCUT2D eigenvalue weighted by Crippen LogP contribution is -2.40. The largest absolute Gasteiger partial charge is 0.352 e. The molecule has 2 aromatic rings. The van der Waals surface area contributed by atoms with Crippen molar-refractivity contribution >= 4 is 30.7 Å². The van der Waals surface area contributed by atoms with Gasteiger partial charge in [0.05, 0.1) is 11.7 Å². The Bertz CT molecular complexity index is 838. The van der Waals surface area contributed by atoms with Crippen LogP contribution >= 0.6 is 19.2 Å². The summed E-state index contributed by atoms with van der Waals surface area (Å²) in [6.07, 6.45) is 6.89. The molecular weight excluding hydrogens is 397 g/mol. The fourth-order valence-electron chi connectivity index (χ4n) is 3.39. The van der Waals surface area contributed by atoms with Crippen LogP contribution in [0.15, 0.2) is 53.8 Å². The number of aromatic nitrogens is 1. The summed E-state index contributed by atoms with van der Waals surface area (Å²) in [5, 5.41) is 0.645. The van der Waals surface area contributed by atoms with Crippen molar-refractivity contribution in [3.8, 4) is 0 Å². The molecule has 1 unspecified atom stereocenters. The van der Waals surface area contributed by atoms with Crippen molar-refractivity contribution in [3.05, 3.63) is 59.4 Å². The maximum Gasteiger partial charge on any atom is 0.337 e. The van der Waals surface area contributed by atoms with Crippen LogP contribution in [-0.4, -0.2) is 42.6 Å². The summed E-state index contributed by atoms with van der Waals surface area (Å²) in [6, 6.07) is 11.4. The second-order valence-electron chi connectivity index (χ2n) is 6.63. The number of piperidine rings is 1. The molecule has 0 saturated carbocycles. The number of hydrogen-bond donors (Lipinski definition) is 0. The highest BCUT2D eigenvalue weighted by Crippen LogP contribution is 2.47. The maximum atomic E-state index is 12.9. The molecule has 2 heterocycles. The molecule has 1 saturated heterocycles. The van der Waals surface area contributed by atoms with Crippen molar-refractivity contribution in [2.75, 3.05) is 26.9 Å². The van der Waals surface area contributed by atoms with Crippen LogP contribution in [0.2, 0.25) is 5.02 Å². The van der Waals surface area contributed by atoms with E-state index in [4.69, 9.17) is 25.6 Å². The van der Waals surface area contributed by atoms with E-state index in [0.29, 0.717) is 10.9 Å². The highest BCUT2D eigenvalue weighted by Gasteiger charge is 2.32. The average molecular weight is 422 g/mol. The third-order valence-corrected chi connectivity index (χ3v) is 6.91. The van der Waals surface area contributed by atoms with E-state index in [1.807, 2.05) is 24.4 Å². The Labute approximate surface area is 171 Å². The molecule has 28 heavy (non-hydrogen) atoms. The lowest BCUT2D eigenvalue weighted by Gasteiger charge is -2.38. The standard InChI is InChI=1S/C20H25ClN3O3P/c1-26-28(25,27-2)15-20(23-18-10-8-17(21)9-11-18)24-13-4-3-7-19(24)16-6-5-12-22-14-16/h5-6,8-12,14,19H,3-4,7,13,15H2,1-2H3. The molecule has 6 nitrogen and oxygen atoms in total. The molecule has 0 N–H and O–H groups in total. The van der Waals surface area contributed by atoms with E-state index in [0.717, 1.165) is 37.1 Å². The predicted molar refractivity (Wildman–Crippen MR) is 113 cm³/mol. The van der Waals surface area contributed by atoms with Gasteiger partial charge in [0.1, 0.15) is 12.0 Å². The van der Waals surface area contributed by atoms with Gasteiger partial charge >= 0.3 is 7.60 Å². The van der Waals surface area contributed by atoms with Crippen LogP contribution in [0.25, 0.3) is 0 Å². The highest BCUT2D eigenvalue weighted by molar-refractivity contribution is 7.54. The van der Waals surface area contributed by atoms with E-state index in [9.17, 15) is 4.57 Å². The summed E-state index contributed by atoms with van der Waals surface area (Å²) in [5.41, 5.74) is 1.87. The molecule has 8 heteroatoms. The van der Waals surface area contributed by atoms with Crippen molar-refractivity contribution in [2.24, 2.45) is 4.99 Å². The van der Waals surface area contributed by atoms with Crippen LogP contribution in [0.4, 0.5) is 5.69 Å². The third-order valence-electron chi connectivity index (χ3n) is 4.88. The first-order chi connectivity index (χ1) is 13.5. The smallest absolute Gasteiger partial charge is 0.337 e. The predicted octanol–water partition coefficient (Wildman–Crippen LogP) is 5.48. The molecule has 3 rings (SSSR count). The van der Waals surface area contributed by atoms with Gasteiger partial charge in [-0.15, -0.1) is 0 Å². The number of hydrogen-bond acceptors (Lipinski definition) is 5. The minimum absolute atomic E-state index is 0.0966. The van der Waals surface area contributed by atoms with Gasteiger partial charge in [-0.2, -0.15) is 0 Å². The Kier molecular flexibility index (Phi) is 7.24. The van der Waals surface area contributed by atoms with Gasteiger partial charge in [0.15, 0.2) is 0 Å². The first-order valence-electron chi connectivity index (χ1n) is 9.25. The quantitative estimate of drug-likeness (QED) is 0.351. The van der Waals surface area contributed by atoms with Gasteiger partial charge in [-0.3, -0.25) is 9.55 Å². The van der Waals surface area contributed by atoms with Crippen LogP contribution < -0.4 is 0 Å². The zero-order valence-electron chi connectivity index (χ0n) is 16.1. The fourth-order valence-corrected chi connectivity index (χ4v) is 4.52. The molecule has 1 fully saturated rings. The lowest BCUT2D eigenvalue weighted by molar-refractivity contribution is 0.239. The third kappa shape index (κ3) is 5.21. The fraction of sp³-hybridized carbons (Fsp3) is 0.400. The summed E-state index contributed by atoms with van der Waals surface area (Å²) in [6.45, 7) is 0.819. The highest BCUT2D eigenvalue weighted by atomic mass is 35.5. The number of amidine groups is 1. The summed E-state index contributed by atoms with van der Waals surface area (Å²) >= 11 is 6.00. The Hall–Kier alpha value is -1.72. The topological polar surface area (TPSA) is 64.0 Å². The lowest BCUT2D eigenvalue weighted by atomic mass is 9.96. The van der Waals surface area contributed by atoms with Crippen LogP contribution in [0.5, 0.6) is 0 Å². The molecule has 1 aromatic carbocycles. The number of halogens is 1. The monoisotopic (exact) mass is 421 g/mol. The molecule has 0 radical (unpaired) electrons. The van der Waals surface area contributed by atoms with Gasteiger partial charge in [0.25, 0.3) is 0 Å². The van der Waals surface area contributed by atoms with E-state index >= 15 is 0 Å². The SMILES string of the molecule is COP(=O)(CC(=Nc1ccc(Cl)cc1)N1CCCCC1c1cccnc1)OC. The molecule has 150 valence electrons. The molecule has 1 aliphatic rings. The summed E-state index contributed by atoms with van der Waals surface area (Å²) in [7, 11) is -0.479. The van der Waals surface area contributed by atoms with Crippen molar-refractivity contribution in [2.45, 2.75) is 25.3 Å². The number of aliphatic imine (C=N–C) groups is 1. The number of rotatable bonds is 6. The summed E-state index contributed by atoms with van der Waals surface area (Å²) in [4.78, 5) is 11.3. The summed E-state index contributed by atoms with van der Waals surface area (Å²) in [5.74, 6) is 0.683. The molecule has 0 bridgehead atoms. The van der Waals surface area contributed by atoms with Gasteiger partial charge in [-0.1, -0.05) is 17.7 Å². The van der Waals surface area contributed by atoms with Crippen molar-refractivity contribution < 1.29 is 13.6 Å². The van der Waals surface area contributed by atoms with Crippen molar-refractivity contribution in [1.29, 1.82) is 0 Å². The molecule has 0 spiro atoms. The molecule has 1 aliphatic heterocycles. The van der Waals surface area contributed by atoms with Gasteiger partial charge in [0.2, 0.25) is 0 Å². The summed E-state index contributed by atoms with van der Waals surface area (Å²) < 4.78 is 23.3. The van der Waals surface area contributed by atoms with E-state index in [1.165, 1.54) is 14.2 Å². The minimum atomic E-state index is -3.28. The van der Waals surface area contributed by atoms with Gasteiger partial charge in [-0.05, 0) is 55.2 Å². The van der Waals surface area contributed by atoms with E-state index in [2.05, 4.69) is 16.0 Å². The minimum Gasteiger partial charge on any atom is -0.352 e. The number of nitrogens with zero attached hydrogens (tertiary/aromatic N) is 3. The normalized spacial score (nSPS) is 18.3.